The molecule has 0 radical (unpaired) electrons. The Morgan fingerprint density at radius 2 is 1.83 bits per heavy atom. The topological polar surface area (TPSA) is 26.7 Å². The summed E-state index contributed by atoms with van der Waals surface area (Å²) in [5, 5.41) is 8.86. The Morgan fingerprint density at radius 3 is 2.50 bits per heavy atom. The lowest BCUT2D eigenvalue weighted by Crippen LogP contribution is -2.47. The molecule has 1 N–H and O–H groups in total. The van der Waals surface area contributed by atoms with Crippen LogP contribution in [0, 0.1) is 13.8 Å². The largest absolute Gasteiger partial charge is 0.396 e. The van der Waals surface area contributed by atoms with Crippen molar-refractivity contribution in [2.24, 2.45) is 0 Å². The van der Waals surface area contributed by atoms with Crippen LogP contribution in [0.25, 0.3) is 0 Å². The second-order valence-corrected chi connectivity index (χ2v) is 5.20. The van der Waals surface area contributed by atoms with Crippen molar-refractivity contribution in [2.75, 3.05) is 44.2 Å². The van der Waals surface area contributed by atoms with E-state index in [1.165, 1.54) is 16.8 Å². The predicted molar refractivity (Wildman–Crippen MR) is 76.3 cm³/mol. The molecule has 18 heavy (non-hydrogen) atoms. The molecule has 1 heterocycles. The fourth-order valence-electron chi connectivity index (χ4n) is 2.57. The predicted octanol–water partition coefficient (Wildman–Crippen LogP) is 1.81. The summed E-state index contributed by atoms with van der Waals surface area (Å²) in [6, 6.07) is 6.68. The Labute approximate surface area is 110 Å². The molecule has 100 valence electrons. The lowest BCUT2D eigenvalue weighted by molar-refractivity contribution is 0.216. The van der Waals surface area contributed by atoms with Gasteiger partial charge in [0.2, 0.25) is 0 Å². The molecular weight excluding hydrogens is 224 g/mol. The highest BCUT2D eigenvalue weighted by Gasteiger charge is 2.17. The third-order valence-corrected chi connectivity index (χ3v) is 3.71. The first-order valence-electron chi connectivity index (χ1n) is 6.86. The molecule has 0 unspecified atom stereocenters. The molecule has 1 aliphatic rings. The van der Waals surface area contributed by atoms with Crippen LogP contribution >= 0.6 is 0 Å². The van der Waals surface area contributed by atoms with Gasteiger partial charge in [0, 0.05) is 45.0 Å². The van der Waals surface area contributed by atoms with E-state index in [9.17, 15) is 0 Å². The summed E-state index contributed by atoms with van der Waals surface area (Å²) in [6.45, 7) is 10.1. The molecule has 0 amide bonds. The quantitative estimate of drug-likeness (QED) is 0.880. The zero-order valence-electron chi connectivity index (χ0n) is 11.5. The Bertz CT molecular complexity index is 384. The van der Waals surface area contributed by atoms with Crippen molar-refractivity contribution >= 4 is 5.69 Å². The molecule has 0 aromatic heterocycles. The van der Waals surface area contributed by atoms with Crippen LogP contribution in [0.15, 0.2) is 18.2 Å². The standard InChI is InChI=1S/C15H24N2O/c1-13-4-5-14(2)15(12-13)17-9-7-16(8-10-17)6-3-11-18/h4-5,12,18H,3,6-11H2,1-2H3. The highest BCUT2D eigenvalue weighted by atomic mass is 16.3. The summed E-state index contributed by atoms with van der Waals surface area (Å²) in [5.74, 6) is 0. The lowest BCUT2D eigenvalue weighted by Gasteiger charge is -2.36. The lowest BCUT2D eigenvalue weighted by atomic mass is 10.1. The fraction of sp³-hybridized carbons (Fsp3) is 0.600. The number of anilines is 1. The molecule has 0 atom stereocenters. The first kappa shape index (κ1) is 13.4. The summed E-state index contributed by atoms with van der Waals surface area (Å²) in [5.41, 5.74) is 4.08. The van der Waals surface area contributed by atoms with Crippen LogP contribution in [0.4, 0.5) is 5.69 Å². The third kappa shape index (κ3) is 3.24. The number of benzene rings is 1. The van der Waals surface area contributed by atoms with Crippen LogP contribution < -0.4 is 4.90 Å². The highest BCUT2D eigenvalue weighted by Crippen LogP contribution is 2.22. The van der Waals surface area contributed by atoms with Gasteiger partial charge in [0.1, 0.15) is 0 Å². The Kier molecular flexibility index (Phi) is 4.61. The molecule has 2 rings (SSSR count). The molecule has 0 spiro atoms. The molecule has 1 saturated heterocycles. The SMILES string of the molecule is Cc1ccc(C)c(N2CCN(CCCO)CC2)c1. The molecule has 0 aliphatic carbocycles. The van der Waals surface area contributed by atoms with Gasteiger partial charge in [0.25, 0.3) is 0 Å². The van der Waals surface area contributed by atoms with Gasteiger partial charge in [-0.2, -0.15) is 0 Å². The summed E-state index contributed by atoms with van der Waals surface area (Å²) in [7, 11) is 0. The van der Waals surface area contributed by atoms with Crippen molar-refractivity contribution in [1.82, 2.24) is 4.90 Å². The van der Waals surface area contributed by atoms with Crippen LogP contribution in [0.1, 0.15) is 17.5 Å². The van der Waals surface area contributed by atoms with Gasteiger partial charge in [0.15, 0.2) is 0 Å². The van der Waals surface area contributed by atoms with E-state index in [0.717, 1.165) is 39.1 Å². The minimum Gasteiger partial charge on any atom is -0.396 e. The van der Waals surface area contributed by atoms with Crippen molar-refractivity contribution in [3.05, 3.63) is 29.3 Å². The van der Waals surface area contributed by atoms with Gasteiger partial charge in [-0.25, -0.2) is 0 Å². The van der Waals surface area contributed by atoms with Crippen molar-refractivity contribution in [3.8, 4) is 0 Å². The minimum atomic E-state index is 0.303. The summed E-state index contributed by atoms with van der Waals surface area (Å²) >= 11 is 0. The Hall–Kier alpha value is -1.06. The fourth-order valence-corrected chi connectivity index (χ4v) is 2.57. The highest BCUT2D eigenvalue weighted by molar-refractivity contribution is 5.55. The van der Waals surface area contributed by atoms with Gasteiger partial charge < -0.3 is 10.0 Å². The van der Waals surface area contributed by atoms with Gasteiger partial charge in [-0.15, -0.1) is 0 Å². The molecule has 0 saturated carbocycles. The van der Waals surface area contributed by atoms with E-state index in [0.29, 0.717) is 6.61 Å². The van der Waals surface area contributed by atoms with Crippen LogP contribution in [0.3, 0.4) is 0 Å². The van der Waals surface area contributed by atoms with Crippen LogP contribution in [-0.2, 0) is 0 Å². The van der Waals surface area contributed by atoms with E-state index in [1.54, 1.807) is 0 Å². The van der Waals surface area contributed by atoms with Crippen molar-refractivity contribution in [2.45, 2.75) is 20.3 Å². The van der Waals surface area contributed by atoms with Crippen LogP contribution in [0.5, 0.6) is 0 Å². The molecule has 1 aromatic carbocycles. The van der Waals surface area contributed by atoms with Gasteiger partial charge in [-0.05, 0) is 37.5 Å². The number of hydrogen-bond donors (Lipinski definition) is 1. The number of piperazine rings is 1. The van der Waals surface area contributed by atoms with E-state index >= 15 is 0 Å². The monoisotopic (exact) mass is 248 g/mol. The molecule has 1 fully saturated rings. The maximum atomic E-state index is 8.86. The zero-order valence-corrected chi connectivity index (χ0v) is 11.5. The summed E-state index contributed by atoms with van der Waals surface area (Å²) in [4.78, 5) is 4.93. The average molecular weight is 248 g/mol. The zero-order chi connectivity index (χ0) is 13.0. The van der Waals surface area contributed by atoms with Crippen molar-refractivity contribution < 1.29 is 5.11 Å². The van der Waals surface area contributed by atoms with Crippen LogP contribution in [0.2, 0.25) is 0 Å². The maximum Gasteiger partial charge on any atom is 0.0443 e. The molecular formula is C15H24N2O. The normalized spacial score (nSPS) is 17.2. The summed E-state index contributed by atoms with van der Waals surface area (Å²) in [6.07, 6.45) is 0.892. The molecule has 3 heteroatoms. The van der Waals surface area contributed by atoms with Gasteiger partial charge in [-0.3, -0.25) is 4.90 Å². The first-order valence-corrected chi connectivity index (χ1v) is 6.86. The smallest absolute Gasteiger partial charge is 0.0443 e. The van der Waals surface area contributed by atoms with Gasteiger partial charge >= 0.3 is 0 Å². The number of hydrogen-bond acceptors (Lipinski definition) is 3. The number of aliphatic hydroxyl groups excluding tert-OH is 1. The average Bonchev–Trinajstić information content (AvgIpc) is 2.40. The molecule has 3 nitrogen and oxygen atoms in total. The second-order valence-electron chi connectivity index (χ2n) is 5.20. The number of aryl methyl sites for hydroxylation is 2. The van der Waals surface area contributed by atoms with E-state index in [2.05, 4.69) is 41.8 Å². The third-order valence-electron chi connectivity index (χ3n) is 3.71. The second kappa shape index (κ2) is 6.21. The Morgan fingerprint density at radius 1 is 1.11 bits per heavy atom. The van der Waals surface area contributed by atoms with Gasteiger partial charge in [-0.1, -0.05) is 12.1 Å². The van der Waals surface area contributed by atoms with E-state index in [-0.39, 0.29) is 0 Å². The summed E-state index contributed by atoms with van der Waals surface area (Å²) < 4.78 is 0. The van der Waals surface area contributed by atoms with Crippen molar-refractivity contribution in [1.29, 1.82) is 0 Å². The number of aliphatic hydroxyl groups is 1. The number of rotatable bonds is 4. The van der Waals surface area contributed by atoms with Gasteiger partial charge in [0.05, 0.1) is 0 Å². The number of nitrogens with zero attached hydrogens (tertiary/aromatic N) is 2. The Balaban J connectivity index is 1.94. The van der Waals surface area contributed by atoms with E-state index < -0.39 is 0 Å². The minimum absolute atomic E-state index is 0.303. The molecule has 0 bridgehead atoms. The van der Waals surface area contributed by atoms with E-state index in [1.807, 2.05) is 0 Å². The first-order chi connectivity index (χ1) is 8.70. The maximum absolute atomic E-state index is 8.86. The van der Waals surface area contributed by atoms with E-state index in [4.69, 9.17) is 5.11 Å². The molecule has 1 aliphatic heterocycles. The van der Waals surface area contributed by atoms with Crippen molar-refractivity contribution in [3.63, 3.8) is 0 Å². The molecule has 1 aromatic rings. The van der Waals surface area contributed by atoms with Crippen LogP contribution in [-0.4, -0.2) is 49.3 Å².